The Morgan fingerprint density at radius 3 is 2.90 bits per heavy atom. The van der Waals surface area contributed by atoms with Crippen molar-refractivity contribution in [2.24, 2.45) is 10.7 Å². The van der Waals surface area contributed by atoms with E-state index in [4.69, 9.17) is 5.73 Å². The van der Waals surface area contributed by atoms with Crippen LogP contribution in [0.5, 0.6) is 0 Å². The minimum atomic E-state index is -0.139. The maximum absolute atomic E-state index is 13.4. The Hall–Kier alpha value is -1.58. The largest absolute Gasteiger partial charge is 0.370 e. The zero-order valence-electron chi connectivity index (χ0n) is 11.6. The van der Waals surface area contributed by atoms with Crippen LogP contribution in [0.3, 0.4) is 0 Å². The van der Waals surface area contributed by atoms with Gasteiger partial charge in [-0.3, -0.25) is 4.99 Å². The third-order valence-corrected chi connectivity index (χ3v) is 5.28. The van der Waals surface area contributed by atoms with Gasteiger partial charge < -0.3 is 10.6 Å². The van der Waals surface area contributed by atoms with E-state index in [-0.39, 0.29) is 11.4 Å². The Bertz CT molecular complexity index is 577. The SMILES string of the molecule is NC1=NCC2(CCc3cc(F)ccc32)N1C1CCCC1. The molecule has 0 amide bonds. The van der Waals surface area contributed by atoms with Gasteiger partial charge in [0.1, 0.15) is 5.82 Å². The van der Waals surface area contributed by atoms with E-state index in [9.17, 15) is 4.39 Å². The number of benzene rings is 1. The van der Waals surface area contributed by atoms with Crippen LogP contribution in [0.4, 0.5) is 4.39 Å². The first kappa shape index (κ1) is 12.2. The Morgan fingerprint density at radius 2 is 2.10 bits per heavy atom. The molecule has 0 radical (unpaired) electrons. The molecule has 0 saturated heterocycles. The minimum Gasteiger partial charge on any atom is -0.370 e. The number of aryl methyl sites for hydroxylation is 1. The van der Waals surface area contributed by atoms with Gasteiger partial charge in [-0.05, 0) is 48.9 Å². The summed E-state index contributed by atoms with van der Waals surface area (Å²) >= 11 is 0. The number of rotatable bonds is 1. The summed E-state index contributed by atoms with van der Waals surface area (Å²) in [6.45, 7) is 0.730. The lowest BCUT2D eigenvalue weighted by atomic mass is 9.89. The van der Waals surface area contributed by atoms with Crippen LogP contribution in [0.25, 0.3) is 0 Å². The molecule has 0 bridgehead atoms. The van der Waals surface area contributed by atoms with Crippen molar-refractivity contribution in [3.8, 4) is 0 Å². The molecule has 1 aromatic rings. The normalized spacial score (nSPS) is 29.2. The summed E-state index contributed by atoms with van der Waals surface area (Å²) < 4.78 is 13.4. The number of guanidine groups is 1. The molecule has 1 unspecified atom stereocenters. The highest BCUT2D eigenvalue weighted by molar-refractivity contribution is 5.82. The van der Waals surface area contributed by atoms with E-state index < -0.39 is 0 Å². The van der Waals surface area contributed by atoms with Gasteiger partial charge in [0, 0.05) is 6.04 Å². The molecule has 1 heterocycles. The fourth-order valence-corrected chi connectivity index (χ4v) is 4.40. The molecule has 1 aliphatic heterocycles. The van der Waals surface area contributed by atoms with Crippen LogP contribution in [0.1, 0.15) is 43.2 Å². The molecule has 1 atom stereocenters. The van der Waals surface area contributed by atoms with Crippen molar-refractivity contribution < 1.29 is 4.39 Å². The van der Waals surface area contributed by atoms with Gasteiger partial charge in [-0.2, -0.15) is 0 Å². The van der Waals surface area contributed by atoms with Gasteiger partial charge in [0.2, 0.25) is 0 Å². The van der Waals surface area contributed by atoms with Gasteiger partial charge in [0.15, 0.2) is 5.96 Å². The van der Waals surface area contributed by atoms with Crippen molar-refractivity contribution in [3.05, 3.63) is 35.1 Å². The van der Waals surface area contributed by atoms with E-state index in [1.807, 2.05) is 6.07 Å². The summed E-state index contributed by atoms with van der Waals surface area (Å²) in [7, 11) is 0. The minimum absolute atomic E-state index is 0.0951. The summed E-state index contributed by atoms with van der Waals surface area (Å²) in [4.78, 5) is 6.91. The molecule has 3 nitrogen and oxygen atoms in total. The third-order valence-electron chi connectivity index (χ3n) is 5.28. The molecule has 1 saturated carbocycles. The van der Waals surface area contributed by atoms with Crippen molar-refractivity contribution in [2.45, 2.75) is 50.1 Å². The smallest absolute Gasteiger partial charge is 0.192 e. The number of hydrogen-bond acceptors (Lipinski definition) is 3. The van der Waals surface area contributed by atoms with Crippen LogP contribution in [0.2, 0.25) is 0 Å². The predicted octanol–water partition coefficient (Wildman–Crippen LogP) is 2.54. The average Bonchev–Trinajstić information content (AvgIpc) is 3.12. The van der Waals surface area contributed by atoms with Crippen LogP contribution in [0.15, 0.2) is 23.2 Å². The predicted molar refractivity (Wildman–Crippen MR) is 77.0 cm³/mol. The lowest BCUT2D eigenvalue weighted by molar-refractivity contribution is 0.149. The molecular formula is C16H20FN3. The van der Waals surface area contributed by atoms with Crippen LogP contribution in [-0.4, -0.2) is 23.4 Å². The first-order valence-corrected chi connectivity index (χ1v) is 7.59. The maximum Gasteiger partial charge on any atom is 0.192 e. The van der Waals surface area contributed by atoms with Gasteiger partial charge in [0.05, 0.1) is 12.1 Å². The van der Waals surface area contributed by atoms with Crippen molar-refractivity contribution in [1.29, 1.82) is 0 Å². The highest BCUT2D eigenvalue weighted by Crippen LogP contribution is 2.47. The van der Waals surface area contributed by atoms with E-state index >= 15 is 0 Å². The van der Waals surface area contributed by atoms with Crippen molar-refractivity contribution in [2.75, 3.05) is 6.54 Å². The quantitative estimate of drug-likeness (QED) is 0.854. The molecule has 3 aliphatic rings. The number of fused-ring (bicyclic) bond motifs is 2. The molecule has 2 N–H and O–H groups in total. The van der Waals surface area contributed by atoms with Gasteiger partial charge in [-0.15, -0.1) is 0 Å². The molecule has 2 aliphatic carbocycles. The summed E-state index contributed by atoms with van der Waals surface area (Å²) in [6.07, 6.45) is 6.90. The molecule has 0 aromatic heterocycles. The van der Waals surface area contributed by atoms with E-state index in [1.165, 1.54) is 31.2 Å². The Kier molecular flexibility index (Phi) is 2.56. The first-order valence-electron chi connectivity index (χ1n) is 7.59. The van der Waals surface area contributed by atoms with Crippen molar-refractivity contribution >= 4 is 5.96 Å². The fraction of sp³-hybridized carbons (Fsp3) is 0.562. The van der Waals surface area contributed by atoms with E-state index in [1.54, 1.807) is 12.1 Å². The fourth-order valence-electron chi connectivity index (χ4n) is 4.40. The topological polar surface area (TPSA) is 41.6 Å². The molecule has 20 heavy (non-hydrogen) atoms. The number of halogens is 1. The number of nitrogens with two attached hydrogens (primary N) is 1. The average molecular weight is 273 g/mol. The lowest BCUT2D eigenvalue weighted by Gasteiger charge is -2.41. The van der Waals surface area contributed by atoms with Crippen LogP contribution < -0.4 is 5.73 Å². The van der Waals surface area contributed by atoms with E-state index in [0.29, 0.717) is 12.0 Å². The Balaban J connectivity index is 1.78. The van der Waals surface area contributed by atoms with Gasteiger partial charge in [0.25, 0.3) is 0 Å². The molecular weight excluding hydrogens is 253 g/mol. The van der Waals surface area contributed by atoms with Crippen LogP contribution in [0, 0.1) is 5.82 Å². The van der Waals surface area contributed by atoms with Gasteiger partial charge in [-0.25, -0.2) is 4.39 Å². The van der Waals surface area contributed by atoms with Crippen molar-refractivity contribution in [1.82, 2.24) is 4.90 Å². The van der Waals surface area contributed by atoms with Gasteiger partial charge >= 0.3 is 0 Å². The molecule has 1 spiro atoms. The van der Waals surface area contributed by atoms with Crippen LogP contribution in [-0.2, 0) is 12.0 Å². The molecule has 1 aromatic carbocycles. The molecule has 1 fully saturated rings. The van der Waals surface area contributed by atoms with E-state index in [2.05, 4.69) is 9.89 Å². The van der Waals surface area contributed by atoms with E-state index in [0.717, 1.165) is 24.9 Å². The van der Waals surface area contributed by atoms with Crippen molar-refractivity contribution in [3.63, 3.8) is 0 Å². The second kappa shape index (κ2) is 4.21. The highest BCUT2D eigenvalue weighted by atomic mass is 19.1. The number of nitrogens with zero attached hydrogens (tertiary/aromatic N) is 2. The maximum atomic E-state index is 13.4. The Labute approximate surface area is 118 Å². The number of hydrogen-bond donors (Lipinski definition) is 1. The van der Waals surface area contributed by atoms with Crippen LogP contribution >= 0.6 is 0 Å². The third kappa shape index (κ3) is 1.54. The second-order valence-electron chi connectivity index (χ2n) is 6.32. The second-order valence-corrected chi connectivity index (χ2v) is 6.32. The summed E-state index contributed by atoms with van der Waals surface area (Å²) in [5.74, 6) is 0.550. The molecule has 4 heteroatoms. The standard InChI is InChI=1S/C16H20FN3/c17-12-5-6-14-11(9-12)7-8-16(14)10-19-15(18)20(16)13-3-1-2-4-13/h5-6,9,13H,1-4,7-8,10H2,(H2,18,19). The first-order chi connectivity index (χ1) is 9.71. The summed E-state index contributed by atoms with van der Waals surface area (Å²) in [5.41, 5.74) is 8.49. The summed E-state index contributed by atoms with van der Waals surface area (Å²) in [5, 5.41) is 0. The lowest BCUT2D eigenvalue weighted by Crippen LogP contribution is -2.52. The zero-order chi connectivity index (χ0) is 13.7. The zero-order valence-corrected chi connectivity index (χ0v) is 11.6. The number of aliphatic imine (C=N–C) groups is 1. The molecule has 106 valence electrons. The highest BCUT2D eigenvalue weighted by Gasteiger charge is 2.50. The Morgan fingerprint density at radius 1 is 1.30 bits per heavy atom. The summed E-state index contributed by atoms with van der Waals surface area (Å²) in [6, 6.07) is 5.73. The molecule has 4 rings (SSSR count). The van der Waals surface area contributed by atoms with Gasteiger partial charge in [-0.1, -0.05) is 18.9 Å². The monoisotopic (exact) mass is 273 g/mol.